The maximum absolute atomic E-state index is 12.4. The number of carbonyl (C=O) groups is 1. The zero-order chi connectivity index (χ0) is 13.5. The van der Waals surface area contributed by atoms with Gasteiger partial charge < -0.3 is 21.6 Å². The molecule has 1 amide bonds. The van der Waals surface area contributed by atoms with Crippen LogP contribution in [0.2, 0.25) is 0 Å². The van der Waals surface area contributed by atoms with Crippen LogP contribution in [0.4, 0.5) is 13.2 Å². The number of nitrogens with one attached hydrogen (secondary N) is 2. The second kappa shape index (κ2) is 6.94. The standard InChI is InChI=1S/C8H15F3N4O2/c1-5(16)14-3-2-13-4-6(7(12)15-17)8(9,10)11/h6,13,17H,2-4H2,1H3,(H2,12,15)(H,14,16). The molecule has 17 heavy (non-hydrogen) atoms. The van der Waals surface area contributed by atoms with Gasteiger partial charge in [-0.2, -0.15) is 13.2 Å². The van der Waals surface area contributed by atoms with E-state index in [4.69, 9.17) is 10.9 Å². The number of alkyl halides is 3. The van der Waals surface area contributed by atoms with Crippen molar-refractivity contribution in [2.24, 2.45) is 16.8 Å². The molecule has 0 fully saturated rings. The number of amidine groups is 1. The van der Waals surface area contributed by atoms with Gasteiger partial charge in [-0.15, -0.1) is 0 Å². The summed E-state index contributed by atoms with van der Waals surface area (Å²) < 4.78 is 37.2. The van der Waals surface area contributed by atoms with Crippen LogP contribution in [0.5, 0.6) is 0 Å². The molecule has 5 N–H and O–H groups in total. The van der Waals surface area contributed by atoms with E-state index < -0.39 is 24.5 Å². The number of halogens is 3. The molecule has 0 aliphatic heterocycles. The largest absolute Gasteiger partial charge is 0.409 e. The fourth-order valence-electron chi connectivity index (χ4n) is 1.03. The summed E-state index contributed by atoms with van der Waals surface area (Å²) in [5.74, 6) is -3.22. The molecule has 0 aromatic rings. The van der Waals surface area contributed by atoms with E-state index in [2.05, 4.69) is 15.8 Å². The van der Waals surface area contributed by atoms with E-state index in [0.29, 0.717) is 0 Å². The fourth-order valence-corrected chi connectivity index (χ4v) is 1.03. The highest BCUT2D eigenvalue weighted by molar-refractivity contribution is 5.83. The number of amides is 1. The Morgan fingerprint density at radius 1 is 1.47 bits per heavy atom. The van der Waals surface area contributed by atoms with Gasteiger partial charge in [-0.1, -0.05) is 5.16 Å². The van der Waals surface area contributed by atoms with Crippen LogP contribution in [0.15, 0.2) is 5.16 Å². The monoisotopic (exact) mass is 256 g/mol. The second-order valence-electron chi connectivity index (χ2n) is 3.31. The number of nitrogens with two attached hydrogens (primary N) is 1. The first-order chi connectivity index (χ1) is 7.79. The van der Waals surface area contributed by atoms with Crippen LogP contribution < -0.4 is 16.4 Å². The van der Waals surface area contributed by atoms with Gasteiger partial charge in [0.2, 0.25) is 5.91 Å². The molecule has 0 saturated heterocycles. The van der Waals surface area contributed by atoms with Crippen LogP contribution in [-0.2, 0) is 4.79 Å². The van der Waals surface area contributed by atoms with Gasteiger partial charge in [0, 0.05) is 26.6 Å². The summed E-state index contributed by atoms with van der Waals surface area (Å²) in [6.07, 6.45) is -4.59. The smallest absolute Gasteiger partial charge is 0.400 e. The van der Waals surface area contributed by atoms with Crippen molar-refractivity contribution in [3.05, 3.63) is 0 Å². The Labute approximate surface area is 96.0 Å². The van der Waals surface area contributed by atoms with Crippen molar-refractivity contribution in [3.63, 3.8) is 0 Å². The average Bonchev–Trinajstić information content (AvgIpc) is 2.20. The van der Waals surface area contributed by atoms with E-state index in [0.717, 1.165) is 0 Å². The Hall–Kier alpha value is -1.51. The molecule has 100 valence electrons. The minimum atomic E-state index is -4.59. The Kier molecular flexibility index (Phi) is 6.33. The van der Waals surface area contributed by atoms with Gasteiger partial charge in [-0.25, -0.2) is 0 Å². The summed E-state index contributed by atoms with van der Waals surface area (Å²) in [6, 6.07) is 0. The summed E-state index contributed by atoms with van der Waals surface area (Å²) >= 11 is 0. The molecule has 0 heterocycles. The first-order valence-corrected chi connectivity index (χ1v) is 4.78. The van der Waals surface area contributed by atoms with E-state index in [9.17, 15) is 18.0 Å². The first-order valence-electron chi connectivity index (χ1n) is 4.78. The zero-order valence-electron chi connectivity index (χ0n) is 9.21. The lowest BCUT2D eigenvalue weighted by atomic mass is 10.1. The molecule has 0 saturated carbocycles. The van der Waals surface area contributed by atoms with E-state index >= 15 is 0 Å². The van der Waals surface area contributed by atoms with Crippen molar-refractivity contribution < 1.29 is 23.2 Å². The van der Waals surface area contributed by atoms with Gasteiger partial charge in [0.25, 0.3) is 0 Å². The minimum Gasteiger partial charge on any atom is -0.409 e. The summed E-state index contributed by atoms with van der Waals surface area (Å²) in [5, 5.41) is 15.4. The summed E-state index contributed by atoms with van der Waals surface area (Å²) in [7, 11) is 0. The minimum absolute atomic E-state index is 0.158. The average molecular weight is 256 g/mol. The highest BCUT2D eigenvalue weighted by atomic mass is 19.4. The zero-order valence-corrected chi connectivity index (χ0v) is 9.21. The summed E-state index contributed by atoms with van der Waals surface area (Å²) in [5.41, 5.74) is 4.94. The van der Waals surface area contributed by atoms with Crippen molar-refractivity contribution in [1.29, 1.82) is 0 Å². The molecule has 1 unspecified atom stereocenters. The third-order valence-electron chi connectivity index (χ3n) is 1.89. The third kappa shape index (κ3) is 6.61. The Bertz CT molecular complexity index is 280. The van der Waals surface area contributed by atoms with Crippen molar-refractivity contribution >= 4 is 11.7 Å². The van der Waals surface area contributed by atoms with Crippen molar-refractivity contribution in [2.45, 2.75) is 13.1 Å². The van der Waals surface area contributed by atoms with Crippen molar-refractivity contribution in [2.75, 3.05) is 19.6 Å². The van der Waals surface area contributed by atoms with E-state index in [1.54, 1.807) is 0 Å². The topological polar surface area (TPSA) is 99.7 Å². The number of hydrogen-bond donors (Lipinski definition) is 4. The number of carbonyl (C=O) groups excluding carboxylic acids is 1. The molecule has 0 aromatic carbocycles. The molecule has 6 nitrogen and oxygen atoms in total. The predicted octanol–water partition coefficient (Wildman–Crippen LogP) is -0.363. The number of oxime groups is 1. The van der Waals surface area contributed by atoms with Gasteiger partial charge in [0.1, 0.15) is 5.92 Å². The second-order valence-corrected chi connectivity index (χ2v) is 3.31. The number of rotatable bonds is 6. The van der Waals surface area contributed by atoms with E-state index in [1.165, 1.54) is 6.92 Å². The number of nitrogens with zero attached hydrogens (tertiary/aromatic N) is 1. The molecule has 9 heteroatoms. The Balaban J connectivity index is 4.07. The summed E-state index contributed by atoms with van der Waals surface area (Å²) in [4.78, 5) is 10.5. The predicted molar refractivity (Wildman–Crippen MR) is 54.5 cm³/mol. The van der Waals surface area contributed by atoms with E-state index in [-0.39, 0.29) is 19.0 Å². The molecule has 0 radical (unpaired) electrons. The van der Waals surface area contributed by atoms with Crippen LogP contribution >= 0.6 is 0 Å². The molecule has 0 aliphatic carbocycles. The lowest BCUT2D eigenvalue weighted by Crippen LogP contribution is -2.44. The highest BCUT2D eigenvalue weighted by Crippen LogP contribution is 2.25. The van der Waals surface area contributed by atoms with Gasteiger partial charge in [0.05, 0.1) is 0 Å². The van der Waals surface area contributed by atoms with Crippen molar-refractivity contribution in [3.8, 4) is 0 Å². The molecular weight excluding hydrogens is 241 g/mol. The van der Waals surface area contributed by atoms with E-state index in [1.807, 2.05) is 0 Å². The van der Waals surface area contributed by atoms with Crippen LogP contribution in [0.25, 0.3) is 0 Å². The normalized spacial score (nSPS) is 14.5. The number of hydrogen-bond acceptors (Lipinski definition) is 4. The molecule has 0 spiro atoms. The molecule has 0 aliphatic rings. The molecular formula is C8H15F3N4O2. The van der Waals surface area contributed by atoms with Crippen LogP contribution in [0.1, 0.15) is 6.92 Å². The lowest BCUT2D eigenvalue weighted by Gasteiger charge is -2.19. The van der Waals surface area contributed by atoms with Crippen LogP contribution in [0.3, 0.4) is 0 Å². The van der Waals surface area contributed by atoms with Gasteiger partial charge in [-0.3, -0.25) is 4.79 Å². The van der Waals surface area contributed by atoms with Gasteiger partial charge in [0.15, 0.2) is 5.84 Å². The molecule has 1 atom stereocenters. The first kappa shape index (κ1) is 15.5. The molecule has 0 rings (SSSR count). The van der Waals surface area contributed by atoms with Crippen LogP contribution in [-0.4, -0.2) is 42.8 Å². The van der Waals surface area contributed by atoms with Gasteiger partial charge in [-0.05, 0) is 0 Å². The lowest BCUT2D eigenvalue weighted by molar-refractivity contribution is -0.154. The van der Waals surface area contributed by atoms with Crippen LogP contribution in [0, 0.1) is 5.92 Å². The Morgan fingerprint density at radius 2 is 2.06 bits per heavy atom. The summed E-state index contributed by atoms with van der Waals surface area (Å²) in [6.45, 7) is 1.15. The fraction of sp³-hybridized carbons (Fsp3) is 0.750. The van der Waals surface area contributed by atoms with Gasteiger partial charge >= 0.3 is 6.18 Å². The molecule has 0 bridgehead atoms. The van der Waals surface area contributed by atoms with Crippen molar-refractivity contribution in [1.82, 2.24) is 10.6 Å². The third-order valence-corrected chi connectivity index (χ3v) is 1.89. The Morgan fingerprint density at radius 3 is 2.47 bits per heavy atom. The molecule has 0 aromatic heterocycles. The maximum atomic E-state index is 12.4. The quantitative estimate of drug-likeness (QED) is 0.171. The SMILES string of the molecule is CC(=O)NCCNCC(C(N)=NO)C(F)(F)F. The maximum Gasteiger partial charge on any atom is 0.400 e. The highest BCUT2D eigenvalue weighted by Gasteiger charge is 2.42.